The van der Waals surface area contributed by atoms with E-state index in [1.807, 2.05) is 6.08 Å². The van der Waals surface area contributed by atoms with Gasteiger partial charge in [-0.2, -0.15) is 0 Å². The summed E-state index contributed by atoms with van der Waals surface area (Å²) in [6.07, 6.45) is 10.1. The van der Waals surface area contributed by atoms with Crippen LogP contribution in [0.25, 0.3) is 10.4 Å². The maximum Gasteiger partial charge on any atom is 0.218 e. The quantitative estimate of drug-likeness (QED) is 0.185. The van der Waals surface area contributed by atoms with Crippen molar-refractivity contribution >= 4 is 5.91 Å². The molecular formula is C11H19N3O. The van der Waals surface area contributed by atoms with E-state index >= 15 is 0 Å². The summed E-state index contributed by atoms with van der Waals surface area (Å²) in [5, 5.41) is 3.01. The molecule has 0 aromatic rings. The van der Waals surface area contributed by atoms with Gasteiger partial charge in [0.15, 0.2) is 0 Å². The van der Waals surface area contributed by atoms with Gasteiger partial charge in [0.1, 0.15) is 0 Å². The minimum absolute atomic E-state index is 0.343. The van der Waals surface area contributed by atoms with Crippen molar-refractivity contribution in [2.45, 2.75) is 51.4 Å². The third-order valence-corrected chi connectivity index (χ3v) is 2.21. The van der Waals surface area contributed by atoms with Crippen LogP contribution in [0.15, 0.2) is 17.8 Å². The molecular weight excluding hydrogens is 190 g/mol. The Bertz CT molecular complexity index is 232. The van der Waals surface area contributed by atoms with E-state index in [9.17, 15) is 4.79 Å². The smallest absolute Gasteiger partial charge is 0.218 e. The van der Waals surface area contributed by atoms with Gasteiger partial charge in [-0.3, -0.25) is 4.79 Å². The third-order valence-electron chi connectivity index (χ3n) is 2.21. The summed E-state index contributed by atoms with van der Waals surface area (Å²) in [5.41, 5.74) is 7.99. The zero-order valence-electron chi connectivity index (χ0n) is 9.19. The Morgan fingerprint density at radius 2 is 1.80 bits per heavy atom. The van der Waals surface area contributed by atoms with Crippen LogP contribution in [0.3, 0.4) is 0 Å². The summed E-state index contributed by atoms with van der Waals surface area (Å²) >= 11 is 0. The Morgan fingerprint density at radius 3 is 2.40 bits per heavy atom. The number of unbranched alkanes of at least 4 members (excludes halogenated alkanes) is 6. The molecule has 1 amide bonds. The molecule has 0 fully saturated rings. The molecule has 0 spiro atoms. The fourth-order valence-electron chi connectivity index (χ4n) is 1.37. The van der Waals surface area contributed by atoms with Crippen LogP contribution >= 0.6 is 0 Å². The first-order valence-electron chi connectivity index (χ1n) is 5.50. The first-order chi connectivity index (χ1) is 7.31. The molecule has 0 rings (SSSR count). The second-order valence-electron chi connectivity index (χ2n) is 3.53. The van der Waals surface area contributed by atoms with Crippen LogP contribution in [0.5, 0.6) is 0 Å². The summed E-state index contributed by atoms with van der Waals surface area (Å²) in [5.74, 6) is -0.343. The van der Waals surface area contributed by atoms with Gasteiger partial charge in [-0.25, -0.2) is 0 Å². The van der Waals surface area contributed by atoms with Crippen molar-refractivity contribution < 1.29 is 4.79 Å². The Labute approximate surface area is 91.0 Å². The highest BCUT2D eigenvalue weighted by molar-refractivity contribution is 5.76. The summed E-state index contributed by atoms with van der Waals surface area (Å²) < 4.78 is 0. The number of azide groups is 1. The number of nitrogens with zero attached hydrogens (tertiary/aromatic N) is 3. The maximum atomic E-state index is 10.8. The first-order valence-corrected chi connectivity index (χ1v) is 5.50. The van der Waals surface area contributed by atoms with Gasteiger partial charge >= 0.3 is 0 Å². The van der Waals surface area contributed by atoms with E-state index in [0.717, 1.165) is 25.7 Å². The molecule has 0 aliphatic heterocycles. The van der Waals surface area contributed by atoms with Crippen LogP contribution in [0.1, 0.15) is 51.4 Å². The van der Waals surface area contributed by atoms with Crippen molar-refractivity contribution in [3.8, 4) is 0 Å². The fourth-order valence-corrected chi connectivity index (χ4v) is 1.37. The molecule has 15 heavy (non-hydrogen) atoms. The molecule has 0 unspecified atom stereocenters. The van der Waals surface area contributed by atoms with Gasteiger partial charge in [0.05, 0.1) is 0 Å². The molecule has 0 bridgehead atoms. The van der Waals surface area contributed by atoms with Crippen molar-refractivity contribution in [2.24, 2.45) is 5.11 Å². The van der Waals surface area contributed by atoms with E-state index in [2.05, 4.69) is 16.6 Å². The molecule has 4 nitrogen and oxygen atoms in total. The fraction of sp³-hybridized carbons (Fsp3) is 0.727. The predicted octanol–water partition coefficient (Wildman–Crippen LogP) is 4.13. The lowest BCUT2D eigenvalue weighted by Gasteiger charge is -1.99. The topological polar surface area (TPSA) is 65.8 Å². The molecule has 0 saturated heterocycles. The van der Waals surface area contributed by atoms with Crippen molar-refractivity contribution in [3.05, 3.63) is 23.1 Å². The van der Waals surface area contributed by atoms with Crippen LogP contribution in [-0.2, 0) is 4.79 Å². The van der Waals surface area contributed by atoms with Crippen molar-refractivity contribution in [2.75, 3.05) is 0 Å². The van der Waals surface area contributed by atoms with Gasteiger partial charge in [0, 0.05) is 11.3 Å². The average Bonchev–Trinajstić information content (AvgIpc) is 2.22. The number of hydrogen-bond acceptors (Lipinski definition) is 1. The minimum atomic E-state index is -0.343. The highest BCUT2D eigenvalue weighted by Crippen LogP contribution is 2.09. The maximum absolute atomic E-state index is 10.8. The number of amides is 1. The van der Waals surface area contributed by atoms with Crippen LogP contribution in [0, 0.1) is 0 Å². The molecule has 0 atom stereocenters. The lowest BCUT2D eigenvalue weighted by molar-refractivity contribution is -0.118. The minimum Gasteiger partial charge on any atom is -0.293 e. The molecule has 0 aliphatic rings. The largest absolute Gasteiger partial charge is 0.293 e. The van der Waals surface area contributed by atoms with Crippen molar-refractivity contribution in [3.63, 3.8) is 0 Å². The van der Waals surface area contributed by atoms with Crippen molar-refractivity contribution in [1.82, 2.24) is 0 Å². The lowest BCUT2D eigenvalue weighted by Crippen LogP contribution is -1.90. The van der Waals surface area contributed by atoms with Crippen LogP contribution in [0.2, 0.25) is 0 Å². The molecule has 0 heterocycles. The van der Waals surface area contributed by atoms with Crippen LogP contribution in [-0.4, -0.2) is 5.91 Å². The van der Waals surface area contributed by atoms with Crippen LogP contribution < -0.4 is 0 Å². The summed E-state index contributed by atoms with van der Waals surface area (Å²) in [6.45, 7) is 3.67. The second kappa shape index (κ2) is 10.8. The molecule has 84 valence electrons. The molecule has 0 aromatic heterocycles. The lowest BCUT2D eigenvalue weighted by atomic mass is 10.1. The normalized spacial score (nSPS) is 9.33. The zero-order valence-corrected chi connectivity index (χ0v) is 9.19. The van der Waals surface area contributed by atoms with E-state index in [1.54, 1.807) is 0 Å². The summed E-state index contributed by atoms with van der Waals surface area (Å²) in [6, 6.07) is 0. The Balaban J connectivity index is 3.14. The Hall–Kier alpha value is -1.28. The zero-order chi connectivity index (χ0) is 11.4. The summed E-state index contributed by atoms with van der Waals surface area (Å²) in [7, 11) is 0. The van der Waals surface area contributed by atoms with Crippen LogP contribution in [0.4, 0.5) is 0 Å². The Kier molecular flexibility index (Phi) is 9.88. The van der Waals surface area contributed by atoms with Gasteiger partial charge in [-0.05, 0) is 29.9 Å². The SMILES string of the molecule is C=CCCCCCCCCC(=O)N=[N+]=[N-]. The van der Waals surface area contributed by atoms with Gasteiger partial charge < -0.3 is 0 Å². The highest BCUT2D eigenvalue weighted by atomic mass is 16.1. The monoisotopic (exact) mass is 209 g/mol. The first kappa shape index (κ1) is 13.7. The molecule has 0 N–H and O–H groups in total. The number of carbonyl (C=O) groups is 1. The standard InChI is InChI=1S/C11H19N3O/c1-2-3-4-5-6-7-8-9-10-11(15)13-14-12/h2H,1,3-10H2. The number of allylic oxidation sites excluding steroid dienone is 1. The highest BCUT2D eigenvalue weighted by Gasteiger charge is 1.97. The van der Waals surface area contributed by atoms with Gasteiger partial charge in [-0.1, -0.05) is 31.8 Å². The number of hydrogen-bond donors (Lipinski definition) is 0. The van der Waals surface area contributed by atoms with Gasteiger partial charge in [0.25, 0.3) is 0 Å². The van der Waals surface area contributed by atoms with E-state index in [1.165, 1.54) is 19.3 Å². The van der Waals surface area contributed by atoms with Crippen molar-refractivity contribution in [1.29, 1.82) is 0 Å². The number of rotatable bonds is 9. The van der Waals surface area contributed by atoms with E-state index in [0.29, 0.717) is 6.42 Å². The molecule has 0 aromatic carbocycles. The summed E-state index contributed by atoms with van der Waals surface area (Å²) in [4.78, 5) is 13.2. The average molecular weight is 209 g/mol. The Morgan fingerprint density at radius 1 is 1.20 bits per heavy atom. The van der Waals surface area contributed by atoms with E-state index in [4.69, 9.17) is 5.53 Å². The third kappa shape index (κ3) is 10.6. The molecule has 0 saturated carbocycles. The molecule has 0 aliphatic carbocycles. The molecule has 4 heteroatoms. The predicted molar refractivity (Wildman–Crippen MR) is 61.3 cm³/mol. The number of carbonyl (C=O) groups excluding carboxylic acids is 1. The van der Waals surface area contributed by atoms with E-state index in [-0.39, 0.29) is 5.91 Å². The van der Waals surface area contributed by atoms with E-state index < -0.39 is 0 Å². The second-order valence-corrected chi connectivity index (χ2v) is 3.53. The van der Waals surface area contributed by atoms with Gasteiger partial charge in [-0.15, -0.1) is 6.58 Å². The van der Waals surface area contributed by atoms with Gasteiger partial charge in [0.2, 0.25) is 5.91 Å². The molecule has 0 radical (unpaired) electrons.